The topological polar surface area (TPSA) is 57.4 Å². The van der Waals surface area contributed by atoms with Crippen LogP contribution in [-0.2, 0) is 9.84 Å². The van der Waals surface area contributed by atoms with Crippen LogP contribution >= 0.6 is 0 Å². The van der Waals surface area contributed by atoms with Gasteiger partial charge in [-0.2, -0.15) is 0 Å². The van der Waals surface area contributed by atoms with Crippen LogP contribution in [0, 0.1) is 0 Å². The molecule has 0 aliphatic heterocycles. The summed E-state index contributed by atoms with van der Waals surface area (Å²) in [5, 5.41) is 0.182. The Morgan fingerprint density at radius 1 is 1.00 bits per heavy atom. The molecule has 0 saturated carbocycles. The van der Waals surface area contributed by atoms with Gasteiger partial charge in [-0.1, -0.05) is 52.8 Å². The van der Waals surface area contributed by atoms with Crippen LogP contribution in [0.4, 0.5) is 5.69 Å². The van der Waals surface area contributed by atoms with Crippen LogP contribution in [0.3, 0.4) is 0 Å². The van der Waals surface area contributed by atoms with Gasteiger partial charge in [0.05, 0.1) is 5.69 Å². The first-order valence-electron chi connectivity index (χ1n) is 9.06. The Balaban J connectivity index is 2.26. The molecule has 0 unspecified atom stereocenters. The highest BCUT2D eigenvalue weighted by Gasteiger charge is 2.39. The molecule has 1 aromatic carbocycles. The number of aromatic nitrogens is 1. The fourth-order valence-electron chi connectivity index (χ4n) is 2.36. The Kier molecular flexibility index (Phi) is 5.83. The molecule has 0 spiro atoms. The minimum absolute atomic E-state index is 0.182. The van der Waals surface area contributed by atoms with Crippen molar-refractivity contribution in [3.8, 4) is 11.6 Å². The van der Waals surface area contributed by atoms with Crippen LogP contribution < -0.4 is 10.5 Å². The van der Waals surface area contributed by atoms with E-state index in [1.165, 1.54) is 0 Å². The van der Waals surface area contributed by atoms with Crippen molar-refractivity contribution in [1.29, 1.82) is 0 Å². The third-order valence-corrected chi connectivity index (χ3v) is 9.70. The molecule has 0 amide bonds. The number of rotatable bonds is 6. The zero-order chi connectivity index (χ0) is 19.6. The normalized spacial score (nSPS) is 12.9. The Morgan fingerprint density at radius 2 is 1.65 bits per heavy atom. The maximum Gasteiger partial charge on any atom is 0.242 e. The van der Waals surface area contributed by atoms with E-state index in [2.05, 4.69) is 58.8 Å². The SMILES string of the molecule is CC(C)(CO[Si](C)(C)C(C)(C)C)c1ccccc1Oc1ncccc1N. The van der Waals surface area contributed by atoms with Crippen LogP contribution in [-0.4, -0.2) is 19.9 Å². The molecule has 0 fully saturated rings. The molecule has 2 rings (SSSR count). The number of benzene rings is 1. The van der Waals surface area contributed by atoms with Crippen molar-refractivity contribution in [2.75, 3.05) is 12.3 Å². The molecule has 2 aromatic rings. The van der Waals surface area contributed by atoms with Gasteiger partial charge in [-0.3, -0.25) is 0 Å². The van der Waals surface area contributed by atoms with E-state index < -0.39 is 8.32 Å². The monoisotopic (exact) mass is 372 g/mol. The number of ether oxygens (including phenoxy) is 1. The number of nitrogen functional groups attached to an aromatic ring is 1. The smallest absolute Gasteiger partial charge is 0.242 e. The lowest BCUT2D eigenvalue weighted by molar-refractivity contribution is 0.217. The predicted octanol–water partition coefficient (Wildman–Crippen LogP) is 5.76. The lowest BCUT2D eigenvalue weighted by Crippen LogP contribution is -2.44. The Morgan fingerprint density at radius 3 is 2.27 bits per heavy atom. The van der Waals surface area contributed by atoms with Crippen molar-refractivity contribution < 1.29 is 9.16 Å². The molecule has 0 aliphatic carbocycles. The van der Waals surface area contributed by atoms with Gasteiger partial charge in [0.15, 0.2) is 8.32 Å². The zero-order valence-electron chi connectivity index (χ0n) is 17.1. The molecule has 142 valence electrons. The Hall–Kier alpha value is -1.85. The minimum atomic E-state index is -1.82. The number of nitrogens with zero attached hydrogens (tertiary/aromatic N) is 1. The second-order valence-corrected chi connectivity index (χ2v) is 13.7. The lowest BCUT2D eigenvalue weighted by atomic mass is 9.85. The molecule has 1 heterocycles. The number of nitrogens with two attached hydrogens (primary N) is 1. The molecule has 2 N–H and O–H groups in total. The summed E-state index contributed by atoms with van der Waals surface area (Å²) in [6.45, 7) is 16.3. The van der Waals surface area contributed by atoms with Gasteiger partial charge in [0.25, 0.3) is 0 Å². The summed E-state index contributed by atoms with van der Waals surface area (Å²) in [6, 6.07) is 11.6. The van der Waals surface area contributed by atoms with Crippen molar-refractivity contribution in [2.24, 2.45) is 0 Å². The van der Waals surface area contributed by atoms with Crippen molar-refractivity contribution >= 4 is 14.0 Å². The summed E-state index contributed by atoms with van der Waals surface area (Å²) in [5.74, 6) is 1.20. The average Bonchev–Trinajstić information content (AvgIpc) is 2.55. The molecule has 0 bridgehead atoms. The number of pyridine rings is 1. The van der Waals surface area contributed by atoms with E-state index in [1.807, 2.05) is 18.2 Å². The van der Waals surface area contributed by atoms with Gasteiger partial charge >= 0.3 is 0 Å². The van der Waals surface area contributed by atoms with Gasteiger partial charge in [0.2, 0.25) is 5.88 Å². The fourth-order valence-corrected chi connectivity index (χ4v) is 3.52. The predicted molar refractivity (Wildman–Crippen MR) is 111 cm³/mol. The van der Waals surface area contributed by atoms with Gasteiger partial charge in [-0.25, -0.2) is 4.98 Å². The molecule has 26 heavy (non-hydrogen) atoms. The summed E-state index contributed by atoms with van der Waals surface area (Å²) >= 11 is 0. The van der Waals surface area contributed by atoms with E-state index in [0.29, 0.717) is 18.2 Å². The van der Waals surface area contributed by atoms with Crippen molar-refractivity contribution in [1.82, 2.24) is 4.98 Å². The number of hydrogen-bond donors (Lipinski definition) is 1. The van der Waals surface area contributed by atoms with Gasteiger partial charge in [-0.05, 0) is 36.3 Å². The average molecular weight is 373 g/mol. The highest BCUT2D eigenvalue weighted by Crippen LogP contribution is 2.40. The number of anilines is 1. The highest BCUT2D eigenvalue weighted by atomic mass is 28.4. The third-order valence-electron chi connectivity index (χ3n) is 5.22. The summed E-state index contributed by atoms with van der Waals surface area (Å²) < 4.78 is 12.5. The largest absolute Gasteiger partial charge is 0.437 e. The molecule has 0 aliphatic rings. The second kappa shape index (κ2) is 7.41. The maximum absolute atomic E-state index is 6.49. The molecule has 4 nitrogen and oxygen atoms in total. The molecule has 5 heteroatoms. The number of para-hydroxylation sites is 1. The molecular weight excluding hydrogens is 340 g/mol. The van der Waals surface area contributed by atoms with Gasteiger partial charge < -0.3 is 14.9 Å². The van der Waals surface area contributed by atoms with Gasteiger partial charge in [0.1, 0.15) is 5.75 Å². The van der Waals surface area contributed by atoms with E-state index in [4.69, 9.17) is 14.9 Å². The van der Waals surface area contributed by atoms with E-state index in [0.717, 1.165) is 11.3 Å². The lowest BCUT2D eigenvalue weighted by Gasteiger charge is -2.39. The molecule has 0 atom stereocenters. The van der Waals surface area contributed by atoms with Crippen LogP contribution in [0.25, 0.3) is 0 Å². The quantitative estimate of drug-likeness (QED) is 0.655. The summed E-state index contributed by atoms with van der Waals surface area (Å²) in [5.41, 5.74) is 7.40. The molecule has 1 aromatic heterocycles. The Bertz CT molecular complexity index is 752. The first-order chi connectivity index (χ1) is 11.9. The summed E-state index contributed by atoms with van der Waals surface area (Å²) in [7, 11) is -1.82. The maximum atomic E-state index is 6.49. The second-order valence-electron chi connectivity index (χ2n) is 8.93. The van der Waals surface area contributed by atoms with Gasteiger partial charge in [0, 0.05) is 23.8 Å². The van der Waals surface area contributed by atoms with Crippen LogP contribution in [0.1, 0.15) is 40.2 Å². The van der Waals surface area contributed by atoms with Crippen LogP contribution in [0.2, 0.25) is 18.1 Å². The van der Waals surface area contributed by atoms with E-state index >= 15 is 0 Å². The van der Waals surface area contributed by atoms with E-state index in [1.54, 1.807) is 18.3 Å². The standard InChI is InChI=1S/C21H32N2O2Si/c1-20(2,3)26(6,7)24-15-21(4,5)16-11-8-9-13-18(16)25-19-17(22)12-10-14-23-19/h8-14H,15,22H2,1-7H3. The molecule has 0 radical (unpaired) electrons. The molecular formula is C21H32N2O2Si. The van der Waals surface area contributed by atoms with E-state index in [9.17, 15) is 0 Å². The van der Waals surface area contributed by atoms with Crippen LogP contribution in [0.5, 0.6) is 11.6 Å². The van der Waals surface area contributed by atoms with E-state index in [-0.39, 0.29) is 10.5 Å². The Labute approximate surface area is 158 Å². The first-order valence-corrected chi connectivity index (χ1v) is 12.0. The first kappa shape index (κ1) is 20.5. The minimum Gasteiger partial charge on any atom is -0.437 e. The van der Waals surface area contributed by atoms with Crippen molar-refractivity contribution in [3.63, 3.8) is 0 Å². The van der Waals surface area contributed by atoms with Crippen LogP contribution in [0.15, 0.2) is 42.6 Å². The third kappa shape index (κ3) is 4.65. The van der Waals surface area contributed by atoms with Crippen molar-refractivity contribution in [2.45, 2.75) is 58.2 Å². The van der Waals surface area contributed by atoms with Gasteiger partial charge in [-0.15, -0.1) is 0 Å². The summed E-state index contributed by atoms with van der Waals surface area (Å²) in [6.07, 6.45) is 1.68. The fraction of sp³-hybridized carbons (Fsp3) is 0.476. The molecule has 0 saturated heterocycles. The van der Waals surface area contributed by atoms with Crippen molar-refractivity contribution in [3.05, 3.63) is 48.2 Å². The number of hydrogen-bond acceptors (Lipinski definition) is 4. The highest BCUT2D eigenvalue weighted by molar-refractivity contribution is 6.74. The zero-order valence-corrected chi connectivity index (χ0v) is 18.1. The summed E-state index contributed by atoms with van der Waals surface area (Å²) in [4.78, 5) is 4.24.